The van der Waals surface area contributed by atoms with Crippen LogP contribution in [0.25, 0.3) is 0 Å². The lowest BCUT2D eigenvalue weighted by atomic mass is 10.0. The minimum atomic E-state index is -0.201. The van der Waals surface area contributed by atoms with Crippen molar-refractivity contribution in [3.05, 3.63) is 35.9 Å². The Labute approximate surface area is 152 Å². The van der Waals surface area contributed by atoms with Gasteiger partial charge in [0.15, 0.2) is 0 Å². The van der Waals surface area contributed by atoms with E-state index in [0.29, 0.717) is 12.3 Å². The van der Waals surface area contributed by atoms with Crippen LogP contribution in [0.4, 0.5) is 0 Å². The maximum absolute atomic E-state index is 12.3. The Hall–Kier alpha value is -0.810. The maximum Gasteiger partial charge on any atom is 0.224 e. The van der Waals surface area contributed by atoms with Gasteiger partial charge in [-0.1, -0.05) is 44.2 Å². The molecule has 1 aromatic carbocycles. The molecule has 1 aromatic rings. The second kappa shape index (κ2) is 10.9. The van der Waals surface area contributed by atoms with Crippen LogP contribution >= 0.6 is 24.8 Å². The van der Waals surface area contributed by atoms with Crippen molar-refractivity contribution >= 4 is 30.7 Å². The van der Waals surface area contributed by atoms with Crippen molar-refractivity contribution in [2.75, 3.05) is 32.7 Å². The summed E-state index contributed by atoms with van der Waals surface area (Å²) in [5.41, 5.74) is 7.17. The number of carbonyl (C=O) groups is 1. The molecule has 4 nitrogen and oxygen atoms in total. The van der Waals surface area contributed by atoms with Gasteiger partial charge in [-0.3, -0.25) is 9.69 Å². The summed E-state index contributed by atoms with van der Waals surface area (Å²) in [7, 11) is 0. The minimum Gasteiger partial charge on any atom is -0.340 e. The van der Waals surface area contributed by atoms with Crippen LogP contribution < -0.4 is 5.73 Å². The Bertz CT molecular complexity index is 448. The normalized spacial score (nSPS) is 16.4. The van der Waals surface area contributed by atoms with E-state index in [4.69, 9.17) is 5.73 Å². The van der Waals surface area contributed by atoms with Crippen molar-refractivity contribution in [1.29, 1.82) is 0 Å². The van der Waals surface area contributed by atoms with Crippen molar-refractivity contribution in [3.8, 4) is 0 Å². The second-order valence-corrected chi connectivity index (χ2v) is 6.30. The summed E-state index contributed by atoms with van der Waals surface area (Å²) in [5, 5.41) is 0. The van der Waals surface area contributed by atoms with E-state index in [1.165, 1.54) is 0 Å². The summed E-state index contributed by atoms with van der Waals surface area (Å²) in [6.07, 6.45) is 0.397. The quantitative estimate of drug-likeness (QED) is 0.876. The molecule has 2 N–H and O–H groups in total. The summed E-state index contributed by atoms with van der Waals surface area (Å²) in [4.78, 5) is 16.7. The van der Waals surface area contributed by atoms with Crippen molar-refractivity contribution in [1.82, 2.24) is 9.80 Å². The predicted octanol–water partition coefficient (Wildman–Crippen LogP) is 2.72. The number of nitrogens with zero attached hydrogens (tertiary/aromatic N) is 2. The van der Waals surface area contributed by atoms with Gasteiger partial charge in [-0.15, -0.1) is 24.8 Å². The largest absolute Gasteiger partial charge is 0.340 e. The third-order valence-corrected chi connectivity index (χ3v) is 3.97. The molecule has 1 fully saturated rings. The SMILES string of the molecule is CC(C)CN1CCN(C(=O)CC(N)c2ccccc2)CC1.Cl.Cl. The molecular weight excluding hydrogens is 333 g/mol. The van der Waals surface area contributed by atoms with Crippen molar-refractivity contribution in [2.24, 2.45) is 11.7 Å². The lowest BCUT2D eigenvalue weighted by Gasteiger charge is -2.36. The number of benzene rings is 1. The molecule has 2 rings (SSSR count). The second-order valence-electron chi connectivity index (χ2n) is 6.30. The zero-order valence-corrected chi connectivity index (χ0v) is 15.6. The topological polar surface area (TPSA) is 49.6 Å². The fraction of sp³-hybridized carbons (Fsp3) is 0.588. The zero-order chi connectivity index (χ0) is 15.2. The van der Waals surface area contributed by atoms with Crippen molar-refractivity contribution in [2.45, 2.75) is 26.3 Å². The smallest absolute Gasteiger partial charge is 0.224 e. The van der Waals surface area contributed by atoms with Crippen molar-refractivity contribution < 1.29 is 4.79 Å². The zero-order valence-electron chi connectivity index (χ0n) is 14.0. The fourth-order valence-corrected chi connectivity index (χ4v) is 2.83. The first-order chi connectivity index (χ1) is 10.1. The van der Waals surface area contributed by atoms with E-state index in [9.17, 15) is 4.79 Å². The molecule has 0 aliphatic carbocycles. The standard InChI is InChI=1S/C17H27N3O.2ClH/c1-14(2)13-19-8-10-20(11-9-19)17(21)12-16(18)15-6-4-3-5-7-15;;/h3-7,14,16H,8-13,18H2,1-2H3;2*1H. The highest BCUT2D eigenvalue weighted by Crippen LogP contribution is 2.15. The average Bonchev–Trinajstić information content (AvgIpc) is 2.48. The highest BCUT2D eigenvalue weighted by atomic mass is 35.5. The predicted molar refractivity (Wildman–Crippen MR) is 100 cm³/mol. The van der Waals surface area contributed by atoms with Crippen molar-refractivity contribution in [3.63, 3.8) is 0 Å². The van der Waals surface area contributed by atoms with Gasteiger partial charge in [-0.2, -0.15) is 0 Å². The third kappa shape index (κ3) is 7.08. The van der Waals surface area contributed by atoms with Crippen LogP contribution in [-0.4, -0.2) is 48.4 Å². The minimum absolute atomic E-state index is 0. The van der Waals surface area contributed by atoms with Gasteiger partial charge >= 0.3 is 0 Å². The van der Waals surface area contributed by atoms with Gasteiger partial charge in [-0.05, 0) is 11.5 Å². The van der Waals surface area contributed by atoms with Crippen LogP contribution in [0.2, 0.25) is 0 Å². The molecular formula is C17H29Cl2N3O. The number of carbonyl (C=O) groups excluding carboxylic acids is 1. The lowest BCUT2D eigenvalue weighted by Crippen LogP contribution is -2.49. The number of hydrogen-bond donors (Lipinski definition) is 1. The molecule has 0 saturated carbocycles. The monoisotopic (exact) mass is 361 g/mol. The maximum atomic E-state index is 12.3. The molecule has 1 heterocycles. The summed E-state index contributed by atoms with van der Waals surface area (Å²) < 4.78 is 0. The van der Waals surface area contributed by atoms with Gasteiger partial charge in [0.05, 0.1) is 0 Å². The Morgan fingerprint density at radius 1 is 1.09 bits per heavy atom. The third-order valence-electron chi connectivity index (χ3n) is 3.97. The molecule has 1 aliphatic rings. The van der Waals surface area contributed by atoms with Gasteiger partial charge in [0.25, 0.3) is 0 Å². The number of amides is 1. The highest BCUT2D eigenvalue weighted by molar-refractivity contribution is 5.85. The molecule has 0 radical (unpaired) electrons. The summed E-state index contributed by atoms with van der Waals surface area (Å²) in [6, 6.07) is 9.66. The number of nitrogens with two attached hydrogens (primary N) is 1. The van der Waals surface area contributed by atoms with Gasteiger partial charge in [0.1, 0.15) is 0 Å². The first-order valence-electron chi connectivity index (χ1n) is 7.87. The number of halogens is 2. The summed E-state index contributed by atoms with van der Waals surface area (Å²) in [5.74, 6) is 0.856. The number of hydrogen-bond acceptors (Lipinski definition) is 3. The molecule has 0 spiro atoms. The van der Waals surface area contributed by atoms with E-state index in [1.807, 2.05) is 35.2 Å². The number of piperazine rings is 1. The molecule has 0 bridgehead atoms. The van der Waals surface area contributed by atoms with E-state index in [2.05, 4.69) is 18.7 Å². The first-order valence-corrected chi connectivity index (χ1v) is 7.87. The molecule has 1 amide bonds. The van der Waals surface area contributed by atoms with Gasteiger partial charge in [0.2, 0.25) is 5.91 Å². The molecule has 1 unspecified atom stereocenters. The van der Waals surface area contributed by atoms with Crippen LogP contribution in [0.3, 0.4) is 0 Å². The molecule has 1 atom stereocenters. The Kier molecular flexibility index (Phi) is 10.5. The molecule has 1 saturated heterocycles. The number of rotatable bonds is 5. The lowest BCUT2D eigenvalue weighted by molar-refractivity contribution is -0.133. The van der Waals surface area contributed by atoms with E-state index >= 15 is 0 Å². The van der Waals surface area contributed by atoms with E-state index in [-0.39, 0.29) is 36.8 Å². The van der Waals surface area contributed by atoms with E-state index in [1.54, 1.807) is 0 Å². The van der Waals surface area contributed by atoms with Crippen LogP contribution in [-0.2, 0) is 4.79 Å². The van der Waals surface area contributed by atoms with Crippen LogP contribution in [0.1, 0.15) is 31.9 Å². The molecule has 132 valence electrons. The van der Waals surface area contributed by atoms with E-state index < -0.39 is 0 Å². The summed E-state index contributed by atoms with van der Waals surface area (Å²) >= 11 is 0. The van der Waals surface area contributed by atoms with E-state index in [0.717, 1.165) is 38.3 Å². The average molecular weight is 362 g/mol. The Morgan fingerprint density at radius 2 is 1.65 bits per heavy atom. The van der Waals surface area contributed by atoms with Crippen LogP contribution in [0.5, 0.6) is 0 Å². The summed E-state index contributed by atoms with van der Waals surface area (Å²) in [6.45, 7) is 9.19. The van der Waals surface area contributed by atoms with Crippen LogP contribution in [0.15, 0.2) is 30.3 Å². The Morgan fingerprint density at radius 3 is 2.17 bits per heavy atom. The molecule has 6 heteroatoms. The fourth-order valence-electron chi connectivity index (χ4n) is 2.83. The van der Waals surface area contributed by atoms with Gasteiger partial charge in [-0.25, -0.2) is 0 Å². The van der Waals surface area contributed by atoms with Gasteiger partial charge < -0.3 is 10.6 Å². The van der Waals surface area contributed by atoms with Crippen LogP contribution in [0, 0.1) is 5.92 Å². The first kappa shape index (κ1) is 22.2. The highest BCUT2D eigenvalue weighted by Gasteiger charge is 2.23. The molecule has 1 aliphatic heterocycles. The Balaban J connectivity index is 0.00000242. The van der Waals surface area contributed by atoms with Gasteiger partial charge in [0, 0.05) is 45.2 Å². The molecule has 23 heavy (non-hydrogen) atoms. The molecule has 0 aromatic heterocycles.